The summed E-state index contributed by atoms with van der Waals surface area (Å²) < 4.78 is 2.16. The third kappa shape index (κ3) is 1.20. The average molecular weight is 206 g/mol. The molecule has 1 atom stereocenters. The van der Waals surface area contributed by atoms with Crippen LogP contribution in [0.3, 0.4) is 0 Å². The zero-order valence-corrected chi connectivity index (χ0v) is 8.57. The molecule has 0 bridgehead atoms. The van der Waals surface area contributed by atoms with Gasteiger partial charge in [0.05, 0.1) is 17.3 Å². The van der Waals surface area contributed by atoms with Crippen molar-refractivity contribution in [3.8, 4) is 0 Å². The quantitative estimate of drug-likeness (QED) is 0.754. The van der Waals surface area contributed by atoms with Crippen molar-refractivity contribution in [3.05, 3.63) is 17.2 Å². The summed E-state index contributed by atoms with van der Waals surface area (Å²) in [4.78, 5) is 15.7. The van der Waals surface area contributed by atoms with Gasteiger partial charge in [0.15, 0.2) is 0 Å². The monoisotopic (exact) mass is 206 g/mol. The summed E-state index contributed by atoms with van der Waals surface area (Å²) in [6, 6.07) is 0. The van der Waals surface area contributed by atoms with Gasteiger partial charge in [0.25, 0.3) is 0 Å². The molecule has 0 saturated heterocycles. The molecule has 3 rings (SSSR count). The van der Waals surface area contributed by atoms with E-state index in [1.165, 1.54) is 6.42 Å². The molecule has 0 saturated carbocycles. The van der Waals surface area contributed by atoms with E-state index in [0.717, 1.165) is 49.4 Å². The number of nitrogens with zero attached hydrogens (tertiary/aromatic N) is 2. The molecule has 0 radical (unpaired) electrons. The Morgan fingerprint density at radius 2 is 2.27 bits per heavy atom. The van der Waals surface area contributed by atoms with E-state index in [0.29, 0.717) is 0 Å². The highest BCUT2D eigenvalue weighted by molar-refractivity contribution is 5.77. The van der Waals surface area contributed by atoms with Gasteiger partial charge in [-0.25, -0.2) is 4.98 Å². The SMILES string of the molecule is O=C(O)C1CCc2nc3n(c21)CCCC3. The molecule has 2 heterocycles. The summed E-state index contributed by atoms with van der Waals surface area (Å²) in [5, 5.41) is 9.14. The summed E-state index contributed by atoms with van der Waals surface area (Å²) >= 11 is 0. The zero-order valence-electron chi connectivity index (χ0n) is 8.57. The van der Waals surface area contributed by atoms with Crippen molar-refractivity contribution < 1.29 is 9.90 Å². The second-order valence-corrected chi connectivity index (χ2v) is 4.40. The minimum atomic E-state index is -0.693. The van der Waals surface area contributed by atoms with E-state index < -0.39 is 5.97 Å². The number of fused-ring (bicyclic) bond motifs is 3. The number of rotatable bonds is 1. The largest absolute Gasteiger partial charge is 0.481 e. The van der Waals surface area contributed by atoms with Gasteiger partial charge >= 0.3 is 5.97 Å². The molecule has 0 fully saturated rings. The Balaban J connectivity index is 2.10. The molecule has 80 valence electrons. The van der Waals surface area contributed by atoms with Crippen molar-refractivity contribution >= 4 is 5.97 Å². The fourth-order valence-electron chi connectivity index (χ4n) is 2.79. The van der Waals surface area contributed by atoms with Crippen molar-refractivity contribution in [3.63, 3.8) is 0 Å². The lowest BCUT2D eigenvalue weighted by Gasteiger charge is -2.17. The van der Waals surface area contributed by atoms with Gasteiger partial charge in [-0.2, -0.15) is 0 Å². The predicted octanol–water partition coefficient (Wildman–Crippen LogP) is 1.33. The Hall–Kier alpha value is -1.32. The first-order valence-electron chi connectivity index (χ1n) is 5.58. The molecule has 15 heavy (non-hydrogen) atoms. The van der Waals surface area contributed by atoms with Crippen molar-refractivity contribution in [2.45, 2.75) is 44.6 Å². The van der Waals surface area contributed by atoms with Gasteiger partial charge in [0.1, 0.15) is 5.82 Å². The molecule has 1 aromatic heterocycles. The van der Waals surface area contributed by atoms with Crippen LogP contribution < -0.4 is 0 Å². The summed E-state index contributed by atoms with van der Waals surface area (Å²) in [6.45, 7) is 0.960. The number of hydrogen-bond donors (Lipinski definition) is 1. The topological polar surface area (TPSA) is 55.1 Å². The molecule has 1 aliphatic heterocycles. The van der Waals surface area contributed by atoms with E-state index in [2.05, 4.69) is 9.55 Å². The first-order chi connectivity index (χ1) is 7.27. The lowest BCUT2D eigenvalue weighted by Crippen LogP contribution is -2.18. The van der Waals surface area contributed by atoms with E-state index in [9.17, 15) is 4.79 Å². The summed E-state index contributed by atoms with van der Waals surface area (Å²) in [5.41, 5.74) is 2.04. The Morgan fingerprint density at radius 3 is 3.07 bits per heavy atom. The van der Waals surface area contributed by atoms with Gasteiger partial charge < -0.3 is 9.67 Å². The minimum absolute atomic E-state index is 0.306. The fraction of sp³-hybridized carbons (Fsp3) is 0.636. The van der Waals surface area contributed by atoms with E-state index in [4.69, 9.17) is 5.11 Å². The molecule has 1 aromatic rings. The first kappa shape index (κ1) is 8.95. The lowest BCUT2D eigenvalue weighted by atomic mass is 10.1. The zero-order chi connectivity index (χ0) is 10.4. The maximum absolute atomic E-state index is 11.1. The second-order valence-electron chi connectivity index (χ2n) is 4.40. The lowest BCUT2D eigenvalue weighted by molar-refractivity contribution is -0.138. The molecule has 1 N–H and O–H groups in total. The predicted molar refractivity (Wildman–Crippen MR) is 53.9 cm³/mol. The molecule has 4 nitrogen and oxygen atoms in total. The van der Waals surface area contributed by atoms with Gasteiger partial charge in [-0.1, -0.05) is 0 Å². The molecule has 0 aromatic carbocycles. The van der Waals surface area contributed by atoms with Crippen LogP contribution in [0.4, 0.5) is 0 Å². The van der Waals surface area contributed by atoms with Crippen molar-refractivity contribution in [1.82, 2.24) is 9.55 Å². The highest BCUT2D eigenvalue weighted by Crippen LogP contribution is 2.35. The summed E-state index contributed by atoms with van der Waals surface area (Å²) in [6.07, 6.45) is 4.93. The van der Waals surface area contributed by atoms with E-state index >= 15 is 0 Å². The van der Waals surface area contributed by atoms with E-state index in [-0.39, 0.29) is 5.92 Å². The highest BCUT2D eigenvalue weighted by atomic mass is 16.4. The molecule has 4 heteroatoms. The van der Waals surface area contributed by atoms with Gasteiger partial charge in [0.2, 0.25) is 0 Å². The number of carbonyl (C=O) groups is 1. The maximum Gasteiger partial charge on any atom is 0.312 e. The third-order valence-electron chi connectivity index (χ3n) is 3.49. The number of imidazole rings is 1. The highest BCUT2D eigenvalue weighted by Gasteiger charge is 2.35. The maximum atomic E-state index is 11.1. The van der Waals surface area contributed by atoms with E-state index in [1.807, 2.05) is 0 Å². The van der Waals surface area contributed by atoms with Crippen molar-refractivity contribution in [2.24, 2.45) is 0 Å². The van der Waals surface area contributed by atoms with Gasteiger partial charge in [-0.15, -0.1) is 0 Å². The molecule has 0 amide bonds. The molecule has 0 spiro atoms. The summed E-state index contributed by atoms with van der Waals surface area (Å²) in [7, 11) is 0. The molecule has 2 aliphatic rings. The van der Waals surface area contributed by atoms with Crippen LogP contribution in [-0.4, -0.2) is 20.6 Å². The Labute approximate surface area is 87.9 Å². The van der Waals surface area contributed by atoms with Crippen LogP contribution in [-0.2, 0) is 24.2 Å². The summed E-state index contributed by atoms with van der Waals surface area (Å²) in [5.74, 6) is 0.110. The van der Waals surface area contributed by atoms with Crippen LogP contribution in [0.1, 0.15) is 42.4 Å². The van der Waals surface area contributed by atoms with Crippen LogP contribution in [0, 0.1) is 0 Å². The molecule has 1 aliphatic carbocycles. The molecule has 1 unspecified atom stereocenters. The van der Waals surface area contributed by atoms with Crippen LogP contribution in [0.2, 0.25) is 0 Å². The van der Waals surface area contributed by atoms with Crippen LogP contribution in [0.25, 0.3) is 0 Å². The first-order valence-corrected chi connectivity index (χ1v) is 5.58. The number of carboxylic acids is 1. The van der Waals surface area contributed by atoms with Gasteiger partial charge in [-0.05, 0) is 25.7 Å². The standard InChI is InChI=1S/C11H14N2O2/c14-11(15)7-4-5-8-10(7)13-6-2-1-3-9(13)12-8/h7H,1-6H2,(H,14,15). The van der Waals surface area contributed by atoms with Crippen molar-refractivity contribution in [1.29, 1.82) is 0 Å². The Kier molecular flexibility index (Phi) is 1.84. The van der Waals surface area contributed by atoms with E-state index in [1.54, 1.807) is 0 Å². The number of carboxylic acid groups (broad SMARTS) is 1. The molecular weight excluding hydrogens is 192 g/mol. The smallest absolute Gasteiger partial charge is 0.312 e. The molecular formula is C11H14N2O2. The van der Waals surface area contributed by atoms with Crippen molar-refractivity contribution in [2.75, 3.05) is 0 Å². The number of aliphatic carboxylic acids is 1. The van der Waals surface area contributed by atoms with Crippen LogP contribution in [0.5, 0.6) is 0 Å². The fourth-order valence-corrected chi connectivity index (χ4v) is 2.79. The van der Waals surface area contributed by atoms with Gasteiger partial charge in [-0.3, -0.25) is 4.79 Å². The number of aromatic nitrogens is 2. The third-order valence-corrected chi connectivity index (χ3v) is 3.49. The Bertz CT molecular complexity index is 422. The van der Waals surface area contributed by atoms with Crippen LogP contribution >= 0.6 is 0 Å². The number of aryl methyl sites for hydroxylation is 2. The van der Waals surface area contributed by atoms with Gasteiger partial charge in [0, 0.05) is 13.0 Å². The average Bonchev–Trinajstić information content (AvgIpc) is 2.74. The Morgan fingerprint density at radius 1 is 1.40 bits per heavy atom. The number of hydrogen-bond acceptors (Lipinski definition) is 2. The normalized spacial score (nSPS) is 23.6. The minimum Gasteiger partial charge on any atom is -0.481 e. The second kappa shape index (κ2) is 3.08. The van der Waals surface area contributed by atoms with Crippen LogP contribution in [0.15, 0.2) is 0 Å².